The van der Waals surface area contributed by atoms with E-state index in [-0.39, 0.29) is 29.2 Å². The van der Waals surface area contributed by atoms with Gasteiger partial charge in [-0.25, -0.2) is 9.59 Å². The molecule has 3 atom stereocenters. The molecule has 42 heavy (non-hydrogen) atoms. The molecule has 0 bridgehead atoms. The van der Waals surface area contributed by atoms with E-state index in [0.717, 1.165) is 6.42 Å². The fourth-order valence-corrected chi connectivity index (χ4v) is 5.61. The molecule has 0 aromatic heterocycles. The minimum atomic E-state index is -0.762. The third-order valence-corrected chi connectivity index (χ3v) is 7.71. The first-order valence-corrected chi connectivity index (χ1v) is 14.1. The molecular formula is C33H32N2O7. The Morgan fingerprint density at radius 2 is 1.52 bits per heavy atom. The van der Waals surface area contributed by atoms with E-state index in [1.807, 2.05) is 25.1 Å². The van der Waals surface area contributed by atoms with Gasteiger partial charge < -0.3 is 14.8 Å². The Kier molecular flexibility index (Phi) is 8.76. The van der Waals surface area contributed by atoms with Gasteiger partial charge in [0.2, 0.25) is 11.8 Å². The molecule has 1 saturated heterocycles. The molecule has 5 rings (SSSR count). The van der Waals surface area contributed by atoms with Crippen molar-refractivity contribution in [3.63, 3.8) is 0 Å². The summed E-state index contributed by atoms with van der Waals surface area (Å²) in [5.41, 5.74) is 2.39. The smallest absolute Gasteiger partial charge is 0.338 e. The number of carbonyl (C=O) groups excluding carboxylic acids is 5. The number of ether oxygens (including phenoxy) is 2. The van der Waals surface area contributed by atoms with Crippen LogP contribution in [0.1, 0.15) is 64.8 Å². The van der Waals surface area contributed by atoms with Gasteiger partial charge in [0, 0.05) is 5.69 Å². The first-order chi connectivity index (χ1) is 20.4. The van der Waals surface area contributed by atoms with Gasteiger partial charge in [-0.3, -0.25) is 19.3 Å². The number of hydrogen-bond acceptors (Lipinski definition) is 7. The summed E-state index contributed by atoms with van der Waals surface area (Å²) in [6, 6.07) is 22.3. The molecule has 2 fully saturated rings. The van der Waals surface area contributed by atoms with Gasteiger partial charge in [-0.2, -0.15) is 0 Å². The molecule has 9 heteroatoms. The summed E-state index contributed by atoms with van der Waals surface area (Å²) >= 11 is 0. The molecule has 1 aliphatic heterocycles. The van der Waals surface area contributed by atoms with Crippen LogP contribution in [0.3, 0.4) is 0 Å². The van der Waals surface area contributed by atoms with Crippen molar-refractivity contribution in [1.29, 1.82) is 0 Å². The van der Waals surface area contributed by atoms with E-state index in [9.17, 15) is 24.0 Å². The minimum Gasteiger partial charge on any atom is -0.462 e. The third-order valence-electron chi connectivity index (χ3n) is 7.71. The summed E-state index contributed by atoms with van der Waals surface area (Å²) < 4.78 is 10.3. The van der Waals surface area contributed by atoms with Crippen molar-refractivity contribution in [3.8, 4) is 0 Å². The van der Waals surface area contributed by atoms with E-state index in [1.165, 1.54) is 34.7 Å². The highest BCUT2D eigenvalue weighted by Crippen LogP contribution is 2.45. The average Bonchev–Trinajstić information content (AvgIpc) is 3.28. The van der Waals surface area contributed by atoms with E-state index >= 15 is 0 Å². The molecule has 3 aromatic rings. The largest absolute Gasteiger partial charge is 0.462 e. The van der Waals surface area contributed by atoms with Crippen LogP contribution in [0.4, 0.5) is 11.4 Å². The number of nitrogens with one attached hydrogen (secondary N) is 1. The van der Waals surface area contributed by atoms with Crippen molar-refractivity contribution in [2.45, 2.75) is 38.5 Å². The Labute approximate surface area is 243 Å². The second-order valence-corrected chi connectivity index (χ2v) is 10.5. The highest BCUT2D eigenvalue weighted by Gasteiger charge is 2.50. The Morgan fingerprint density at radius 3 is 2.26 bits per heavy atom. The number of carbonyl (C=O) groups is 5. The summed E-state index contributed by atoms with van der Waals surface area (Å²) in [7, 11) is 0. The van der Waals surface area contributed by atoms with Crippen LogP contribution in [-0.2, 0) is 23.9 Å². The Bertz CT molecular complexity index is 1490. The van der Waals surface area contributed by atoms with Crippen LogP contribution in [0, 0.1) is 11.8 Å². The number of anilines is 2. The van der Waals surface area contributed by atoms with Crippen LogP contribution >= 0.6 is 0 Å². The quantitative estimate of drug-likeness (QED) is 0.281. The first kappa shape index (κ1) is 28.7. The van der Waals surface area contributed by atoms with Gasteiger partial charge in [0.25, 0.3) is 5.91 Å². The molecule has 9 nitrogen and oxygen atoms in total. The van der Waals surface area contributed by atoms with E-state index in [1.54, 1.807) is 24.3 Å². The molecule has 216 valence electrons. The molecule has 0 unspecified atom stereocenters. The predicted molar refractivity (Wildman–Crippen MR) is 155 cm³/mol. The normalized spacial score (nSPS) is 19.6. The van der Waals surface area contributed by atoms with Crippen LogP contribution in [0.5, 0.6) is 0 Å². The topological polar surface area (TPSA) is 119 Å². The average molecular weight is 569 g/mol. The number of amides is 3. The van der Waals surface area contributed by atoms with Crippen molar-refractivity contribution in [2.75, 3.05) is 23.4 Å². The zero-order valence-electron chi connectivity index (χ0n) is 23.3. The van der Waals surface area contributed by atoms with Crippen molar-refractivity contribution in [1.82, 2.24) is 0 Å². The molecule has 1 heterocycles. The van der Waals surface area contributed by atoms with Crippen LogP contribution in [-0.4, -0.2) is 42.9 Å². The predicted octanol–water partition coefficient (Wildman–Crippen LogP) is 5.12. The van der Waals surface area contributed by atoms with Crippen molar-refractivity contribution >= 4 is 41.0 Å². The van der Waals surface area contributed by atoms with Gasteiger partial charge >= 0.3 is 11.9 Å². The fraction of sp³-hybridized carbons (Fsp3) is 0.303. The molecule has 0 spiro atoms. The maximum absolute atomic E-state index is 13.4. The molecule has 1 N–H and O–H groups in total. The lowest BCUT2D eigenvalue weighted by Crippen LogP contribution is -2.31. The van der Waals surface area contributed by atoms with Crippen molar-refractivity contribution in [2.24, 2.45) is 11.8 Å². The SMILES string of the molecule is CCCOC(=O)c1ccc(NC(=O)COC(=O)c2cccc(N3C(=O)[C@@H]4CC[C@H](c5ccccc5)C[C@H]4C3=O)c2)cc1. The number of nitrogens with zero attached hydrogens (tertiary/aromatic N) is 1. The van der Waals surface area contributed by atoms with E-state index in [4.69, 9.17) is 9.47 Å². The summed E-state index contributed by atoms with van der Waals surface area (Å²) in [6.07, 6.45) is 2.79. The van der Waals surface area contributed by atoms with Crippen LogP contribution in [0.25, 0.3) is 0 Å². The van der Waals surface area contributed by atoms with Gasteiger partial charge in [-0.15, -0.1) is 0 Å². The number of rotatable bonds is 9. The van der Waals surface area contributed by atoms with E-state index in [0.29, 0.717) is 42.8 Å². The van der Waals surface area contributed by atoms with Crippen LogP contribution in [0.2, 0.25) is 0 Å². The summed E-state index contributed by atoms with van der Waals surface area (Å²) in [5, 5.41) is 2.60. The van der Waals surface area contributed by atoms with Gasteiger partial charge in [-0.1, -0.05) is 43.3 Å². The van der Waals surface area contributed by atoms with Crippen LogP contribution in [0.15, 0.2) is 78.9 Å². The Balaban J connectivity index is 1.18. The molecule has 1 aliphatic carbocycles. The Morgan fingerprint density at radius 1 is 0.810 bits per heavy atom. The summed E-state index contributed by atoms with van der Waals surface area (Å²) in [4.78, 5) is 64.9. The van der Waals surface area contributed by atoms with Crippen LogP contribution < -0.4 is 10.2 Å². The monoisotopic (exact) mass is 568 g/mol. The summed E-state index contributed by atoms with van der Waals surface area (Å²) in [5.74, 6) is -2.81. The first-order valence-electron chi connectivity index (χ1n) is 14.1. The van der Waals surface area contributed by atoms with Crippen molar-refractivity contribution in [3.05, 3.63) is 95.6 Å². The summed E-state index contributed by atoms with van der Waals surface area (Å²) in [6.45, 7) is 1.68. The van der Waals surface area contributed by atoms with E-state index < -0.39 is 30.4 Å². The molecule has 1 saturated carbocycles. The van der Waals surface area contributed by atoms with E-state index in [2.05, 4.69) is 17.4 Å². The highest BCUT2D eigenvalue weighted by atomic mass is 16.5. The maximum Gasteiger partial charge on any atom is 0.338 e. The Hall–Kier alpha value is -4.79. The zero-order chi connectivity index (χ0) is 29.6. The van der Waals surface area contributed by atoms with Gasteiger partial charge in [0.1, 0.15) is 0 Å². The zero-order valence-corrected chi connectivity index (χ0v) is 23.3. The molecule has 3 amide bonds. The van der Waals surface area contributed by atoms with Gasteiger partial charge in [0.05, 0.1) is 35.3 Å². The van der Waals surface area contributed by atoms with Gasteiger partial charge in [0.15, 0.2) is 6.61 Å². The molecule has 2 aliphatic rings. The number of imide groups is 1. The molecule has 0 radical (unpaired) electrons. The molecular weight excluding hydrogens is 536 g/mol. The fourth-order valence-electron chi connectivity index (χ4n) is 5.61. The number of esters is 2. The lowest BCUT2D eigenvalue weighted by molar-refractivity contribution is -0.122. The van der Waals surface area contributed by atoms with Gasteiger partial charge in [-0.05, 0) is 79.6 Å². The molecule has 3 aromatic carbocycles. The number of fused-ring (bicyclic) bond motifs is 1. The number of hydrogen-bond donors (Lipinski definition) is 1. The lowest BCUT2D eigenvalue weighted by atomic mass is 9.73. The number of benzene rings is 3. The minimum absolute atomic E-state index is 0.118. The van der Waals surface area contributed by atoms with Crippen molar-refractivity contribution < 1.29 is 33.4 Å². The third kappa shape index (κ3) is 6.25. The lowest BCUT2D eigenvalue weighted by Gasteiger charge is -2.28. The second-order valence-electron chi connectivity index (χ2n) is 10.5. The standard InChI is InChI=1S/C33H32N2O7/c1-2-17-41-32(39)22-11-14-25(15-12-22)34-29(36)20-42-33(40)24-9-6-10-26(18-24)35-30(37)27-16-13-23(19-28(27)31(35)38)21-7-4-3-5-8-21/h3-12,14-15,18,23,27-28H,2,13,16-17,19-20H2,1H3,(H,34,36)/t23-,27+,28+/m0/s1. The highest BCUT2D eigenvalue weighted by molar-refractivity contribution is 6.22. The second kappa shape index (κ2) is 12.8. The maximum atomic E-state index is 13.4.